The summed E-state index contributed by atoms with van der Waals surface area (Å²) in [5.41, 5.74) is 1.25. The van der Waals surface area contributed by atoms with E-state index in [-0.39, 0.29) is 17.9 Å². The van der Waals surface area contributed by atoms with Crippen molar-refractivity contribution in [3.63, 3.8) is 0 Å². The molecule has 2 rings (SSSR count). The van der Waals surface area contributed by atoms with Crippen LogP contribution in [0.25, 0.3) is 0 Å². The van der Waals surface area contributed by atoms with E-state index in [4.69, 9.17) is 6.42 Å². The summed E-state index contributed by atoms with van der Waals surface area (Å²) in [6.45, 7) is 1.98. The van der Waals surface area contributed by atoms with Crippen molar-refractivity contribution in [1.82, 2.24) is 5.32 Å². The van der Waals surface area contributed by atoms with Crippen LogP contribution in [0.2, 0.25) is 0 Å². The third-order valence-corrected chi connectivity index (χ3v) is 3.28. The lowest BCUT2D eigenvalue weighted by Crippen LogP contribution is -2.34. The summed E-state index contributed by atoms with van der Waals surface area (Å²) in [5.74, 6) is 3.18. The van der Waals surface area contributed by atoms with Crippen LogP contribution in [-0.4, -0.2) is 11.9 Å². The molecule has 3 atom stereocenters. The summed E-state index contributed by atoms with van der Waals surface area (Å²) >= 11 is 0. The summed E-state index contributed by atoms with van der Waals surface area (Å²) in [7, 11) is 0. The second kappa shape index (κ2) is 5.05. The van der Waals surface area contributed by atoms with Crippen molar-refractivity contribution in [2.75, 3.05) is 0 Å². The second-order valence-corrected chi connectivity index (χ2v) is 4.50. The van der Waals surface area contributed by atoms with Gasteiger partial charge in [0, 0.05) is 5.92 Å². The Labute approximate surface area is 102 Å². The molecule has 1 amide bonds. The van der Waals surface area contributed by atoms with Crippen molar-refractivity contribution in [3.8, 4) is 12.3 Å². The fourth-order valence-corrected chi connectivity index (χ4v) is 2.09. The highest BCUT2D eigenvalue weighted by Gasteiger charge is 2.44. The third-order valence-electron chi connectivity index (χ3n) is 3.28. The van der Waals surface area contributed by atoms with Gasteiger partial charge in [0.05, 0.1) is 6.04 Å². The van der Waals surface area contributed by atoms with E-state index in [1.807, 2.05) is 25.1 Å². The van der Waals surface area contributed by atoms with Gasteiger partial charge >= 0.3 is 0 Å². The zero-order chi connectivity index (χ0) is 12.3. The maximum atomic E-state index is 11.9. The summed E-state index contributed by atoms with van der Waals surface area (Å²) in [4.78, 5) is 11.9. The van der Waals surface area contributed by atoms with Crippen LogP contribution in [0.5, 0.6) is 0 Å². The zero-order valence-corrected chi connectivity index (χ0v) is 10.0. The molecule has 1 aliphatic carbocycles. The van der Waals surface area contributed by atoms with Crippen molar-refractivity contribution in [2.24, 2.45) is 5.92 Å². The van der Waals surface area contributed by atoms with Gasteiger partial charge in [0.25, 0.3) is 0 Å². The average Bonchev–Trinajstić information content (AvgIpc) is 3.17. The van der Waals surface area contributed by atoms with Crippen molar-refractivity contribution in [1.29, 1.82) is 0 Å². The van der Waals surface area contributed by atoms with Gasteiger partial charge in [0.15, 0.2) is 0 Å². The summed E-state index contributed by atoms with van der Waals surface area (Å²) in [6, 6.07) is 10.1. The van der Waals surface area contributed by atoms with E-state index in [1.165, 1.54) is 5.56 Å². The highest BCUT2D eigenvalue weighted by molar-refractivity contribution is 5.83. The van der Waals surface area contributed by atoms with Crippen LogP contribution in [0.3, 0.4) is 0 Å². The fraction of sp³-hybridized carbons (Fsp3) is 0.400. The number of carbonyl (C=O) groups is 1. The fourth-order valence-electron chi connectivity index (χ4n) is 2.09. The number of terminal acetylenes is 1. The molecule has 0 heterocycles. The van der Waals surface area contributed by atoms with Crippen LogP contribution in [-0.2, 0) is 4.79 Å². The van der Waals surface area contributed by atoms with Gasteiger partial charge in [-0.15, -0.1) is 6.42 Å². The number of amides is 1. The van der Waals surface area contributed by atoms with Gasteiger partial charge in [-0.2, -0.15) is 0 Å². The first-order valence-electron chi connectivity index (χ1n) is 6.07. The Morgan fingerprint density at radius 3 is 2.82 bits per heavy atom. The van der Waals surface area contributed by atoms with Crippen LogP contribution in [0.4, 0.5) is 0 Å². The molecule has 0 aliphatic heterocycles. The maximum absolute atomic E-state index is 11.9. The quantitative estimate of drug-likeness (QED) is 0.786. The Balaban J connectivity index is 1.91. The topological polar surface area (TPSA) is 29.1 Å². The van der Waals surface area contributed by atoms with Gasteiger partial charge in [0.2, 0.25) is 5.91 Å². The van der Waals surface area contributed by atoms with E-state index < -0.39 is 0 Å². The molecule has 0 saturated heterocycles. The first-order valence-corrected chi connectivity index (χ1v) is 6.07. The van der Waals surface area contributed by atoms with E-state index in [0.29, 0.717) is 5.92 Å². The Bertz CT molecular complexity index is 432. The SMILES string of the molecule is C#CC(CC)NC(=O)C1CC1c1ccccc1. The van der Waals surface area contributed by atoms with Crippen molar-refractivity contribution in [2.45, 2.75) is 31.7 Å². The molecule has 1 fully saturated rings. The predicted molar refractivity (Wildman–Crippen MR) is 68.3 cm³/mol. The lowest BCUT2D eigenvalue weighted by Gasteiger charge is -2.10. The molecule has 0 bridgehead atoms. The molecular weight excluding hydrogens is 210 g/mol. The van der Waals surface area contributed by atoms with Crippen LogP contribution in [0, 0.1) is 18.3 Å². The molecule has 0 spiro atoms. The van der Waals surface area contributed by atoms with E-state index in [2.05, 4.69) is 23.4 Å². The molecule has 1 aromatic rings. The molecule has 1 N–H and O–H groups in total. The molecule has 1 saturated carbocycles. The molecule has 0 aromatic heterocycles. The molecule has 3 unspecified atom stereocenters. The number of carbonyl (C=O) groups excluding carboxylic acids is 1. The van der Waals surface area contributed by atoms with Crippen LogP contribution in [0.1, 0.15) is 31.2 Å². The van der Waals surface area contributed by atoms with Gasteiger partial charge in [-0.1, -0.05) is 43.2 Å². The lowest BCUT2D eigenvalue weighted by molar-refractivity contribution is -0.122. The van der Waals surface area contributed by atoms with Gasteiger partial charge in [-0.25, -0.2) is 0 Å². The van der Waals surface area contributed by atoms with Gasteiger partial charge < -0.3 is 5.32 Å². The summed E-state index contributed by atoms with van der Waals surface area (Å²) in [5, 5.41) is 2.90. The lowest BCUT2D eigenvalue weighted by atomic mass is 10.1. The van der Waals surface area contributed by atoms with Gasteiger partial charge in [0.1, 0.15) is 0 Å². The molecule has 2 heteroatoms. The summed E-state index contributed by atoms with van der Waals surface area (Å²) < 4.78 is 0. The Hall–Kier alpha value is -1.75. The molecule has 17 heavy (non-hydrogen) atoms. The monoisotopic (exact) mass is 227 g/mol. The largest absolute Gasteiger partial charge is 0.342 e. The molecular formula is C15H17NO. The molecule has 1 aromatic carbocycles. The number of nitrogens with one attached hydrogen (secondary N) is 1. The van der Waals surface area contributed by atoms with Crippen LogP contribution >= 0.6 is 0 Å². The average molecular weight is 227 g/mol. The maximum Gasteiger partial charge on any atom is 0.224 e. The Kier molecular flexibility index (Phi) is 3.49. The smallest absolute Gasteiger partial charge is 0.224 e. The normalized spacial score (nSPS) is 23.5. The summed E-state index contributed by atoms with van der Waals surface area (Å²) in [6.07, 6.45) is 7.06. The van der Waals surface area contributed by atoms with Crippen LogP contribution < -0.4 is 5.32 Å². The second-order valence-electron chi connectivity index (χ2n) is 4.50. The molecule has 2 nitrogen and oxygen atoms in total. The Morgan fingerprint density at radius 2 is 2.24 bits per heavy atom. The highest BCUT2D eigenvalue weighted by Crippen LogP contribution is 2.47. The predicted octanol–water partition coefficient (Wildman–Crippen LogP) is 2.32. The number of hydrogen-bond donors (Lipinski definition) is 1. The number of benzene rings is 1. The minimum atomic E-state index is -0.125. The minimum absolute atomic E-state index is 0.101. The van der Waals surface area contributed by atoms with E-state index >= 15 is 0 Å². The molecule has 0 radical (unpaired) electrons. The third kappa shape index (κ3) is 2.68. The standard InChI is InChI=1S/C15H17NO/c1-3-12(4-2)16-15(17)14-10-13(14)11-8-6-5-7-9-11/h1,5-9,12-14H,4,10H2,2H3,(H,16,17). The van der Waals surface area contributed by atoms with Crippen molar-refractivity contribution < 1.29 is 4.79 Å². The van der Waals surface area contributed by atoms with Gasteiger partial charge in [-0.3, -0.25) is 4.79 Å². The van der Waals surface area contributed by atoms with Crippen molar-refractivity contribution >= 4 is 5.91 Å². The molecule has 88 valence electrons. The minimum Gasteiger partial charge on any atom is -0.342 e. The van der Waals surface area contributed by atoms with Crippen molar-refractivity contribution in [3.05, 3.63) is 35.9 Å². The first-order chi connectivity index (χ1) is 8.26. The van der Waals surface area contributed by atoms with E-state index in [1.54, 1.807) is 0 Å². The van der Waals surface area contributed by atoms with E-state index in [9.17, 15) is 4.79 Å². The number of hydrogen-bond acceptors (Lipinski definition) is 1. The highest BCUT2D eigenvalue weighted by atomic mass is 16.2. The Morgan fingerprint density at radius 1 is 1.53 bits per heavy atom. The number of rotatable bonds is 4. The zero-order valence-electron chi connectivity index (χ0n) is 10.0. The molecule has 1 aliphatic rings. The van der Waals surface area contributed by atoms with E-state index in [0.717, 1.165) is 12.8 Å². The van der Waals surface area contributed by atoms with Crippen LogP contribution in [0.15, 0.2) is 30.3 Å². The van der Waals surface area contributed by atoms with Gasteiger partial charge in [-0.05, 0) is 24.3 Å². The first kappa shape index (κ1) is 11.7.